The zero-order valence-electron chi connectivity index (χ0n) is 21.6. The molecule has 0 saturated carbocycles. The third-order valence-electron chi connectivity index (χ3n) is 6.90. The highest BCUT2D eigenvalue weighted by Gasteiger charge is 2.34. The van der Waals surface area contributed by atoms with E-state index in [1.165, 1.54) is 11.8 Å². The van der Waals surface area contributed by atoms with Gasteiger partial charge >= 0.3 is 0 Å². The fraction of sp³-hybridized carbons (Fsp3) is 0.429. The zero-order chi connectivity index (χ0) is 26.9. The molecule has 1 amide bonds. The van der Waals surface area contributed by atoms with E-state index in [9.17, 15) is 14.9 Å². The van der Waals surface area contributed by atoms with E-state index in [0.29, 0.717) is 38.2 Å². The monoisotopic (exact) mass is 554 g/mol. The molecule has 1 aromatic heterocycles. The molecule has 2 fully saturated rings. The van der Waals surface area contributed by atoms with Crippen LogP contribution in [0.4, 0.5) is 5.82 Å². The molecule has 2 aliphatic rings. The lowest BCUT2D eigenvalue weighted by Crippen LogP contribution is -2.43. The average molecular weight is 555 g/mol. The largest absolute Gasteiger partial charge is 0.357 e. The maximum absolute atomic E-state index is 13.5. The molecule has 3 heterocycles. The number of aromatic nitrogens is 1. The van der Waals surface area contributed by atoms with Crippen LogP contribution in [-0.4, -0.2) is 32.8 Å². The van der Waals surface area contributed by atoms with Crippen LogP contribution in [0.15, 0.2) is 34.0 Å². The van der Waals surface area contributed by atoms with Gasteiger partial charge in [0.15, 0.2) is 0 Å². The van der Waals surface area contributed by atoms with Crippen LogP contribution < -0.4 is 10.5 Å². The number of thiocarbonyl (C=S) groups is 1. The standard InChI is InChI=1S/C28H31ClN4O2S2/c1-5-10-32-25(31-14-17(2)11-18(3)15-31)21(19(4)22(13-30)26(32)34)12-24-27(35)33(28(36)37-24)16-20-8-6-7-9-23(20)29/h6-9,12,17-18H,5,10-11,14-16H2,1-4H3. The van der Waals surface area contributed by atoms with Crippen molar-refractivity contribution in [1.29, 1.82) is 5.26 Å². The van der Waals surface area contributed by atoms with Crippen LogP contribution in [0.2, 0.25) is 5.02 Å². The first-order chi connectivity index (χ1) is 17.7. The van der Waals surface area contributed by atoms with Crippen molar-refractivity contribution in [1.82, 2.24) is 9.47 Å². The Morgan fingerprint density at radius 2 is 1.89 bits per heavy atom. The van der Waals surface area contributed by atoms with E-state index in [2.05, 4.69) is 24.8 Å². The number of carbonyl (C=O) groups excluding carboxylic acids is 1. The van der Waals surface area contributed by atoms with Crippen molar-refractivity contribution in [3.05, 3.63) is 66.8 Å². The lowest BCUT2D eigenvalue weighted by Gasteiger charge is -2.39. The number of rotatable bonds is 6. The van der Waals surface area contributed by atoms with Crippen molar-refractivity contribution in [2.45, 2.75) is 53.6 Å². The Bertz CT molecular complexity index is 1370. The van der Waals surface area contributed by atoms with Crippen LogP contribution >= 0.6 is 35.6 Å². The molecule has 37 heavy (non-hydrogen) atoms. The number of hydrogen-bond acceptors (Lipinski definition) is 6. The molecule has 0 bridgehead atoms. The summed E-state index contributed by atoms with van der Waals surface area (Å²) in [6.45, 7) is 10.7. The molecule has 9 heteroatoms. The summed E-state index contributed by atoms with van der Waals surface area (Å²) in [6.07, 6.45) is 3.70. The summed E-state index contributed by atoms with van der Waals surface area (Å²) in [7, 11) is 0. The number of amides is 1. The number of nitrogens with zero attached hydrogens (tertiary/aromatic N) is 4. The number of pyridine rings is 1. The molecule has 1 aromatic carbocycles. The topological polar surface area (TPSA) is 69.3 Å². The Hall–Kier alpha value is -2.60. The fourth-order valence-corrected chi connectivity index (χ4v) is 6.75. The number of anilines is 1. The molecule has 2 unspecified atom stereocenters. The van der Waals surface area contributed by atoms with E-state index in [1.54, 1.807) is 22.5 Å². The molecule has 2 aromatic rings. The highest BCUT2D eigenvalue weighted by atomic mass is 35.5. The SMILES string of the molecule is CCCn1c(N2CC(C)CC(C)C2)c(C=C2SC(=S)N(Cc3ccccc3Cl)C2=O)c(C)c(C#N)c1=O. The van der Waals surface area contributed by atoms with Gasteiger partial charge in [-0.3, -0.25) is 19.1 Å². The number of hydrogen-bond donors (Lipinski definition) is 0. The van der Waals surface area contributed by atoms with Crippen molar-refractivity contribution in [2.75, 3.05) is 18.0 Å². The number of thioether (sulfide) groups is 1. The first-order valence-corrected chi connectivity index (χ1v) is 14.2. The molecule has 194 valence electrons. The summed E-state index contributed by atoms with van der Waals surface area (Å²) < 4.78 is 2.19. The summed E-state index contributed by atoms with van der Waals surface area (Å²) in [5, 5.41) is 10.5. The van der Waals surface area contributed by atoms with Crippen molar-refractivity contribution in [3.8, 4) is 6.07 Å². The lowest BCUT2D eigenvalue weighted by atomic mass is 9.91. The summed E-state index contributed by atoms with van der Waals surface area (Å²) in [5.74, 6) is 1.52. The molecule has 2 saturated heterocycles. The minimum absolute atomic E-state index is 0.119. The fourth-order valence-electron chi connectivity index (χ4n) is 5.32. The normalized spacial score (nSPS) is 21.1. The van der Waals surface area contributed by atoms with E-state index >= 15 is 0 Å². The van der Waals surface area contributed by atoms with Crippen LogP contribution in [0.5, 0.6) is 0 Å². The number of piperidine rings is 1. The molecule has 2 aliphatic heterocycles. The Morgan fingerprint density at radius 3 is 2.51 bits per heavy atom. The second-order valence-electron chi connectivity index (χ2n) is 10.0. The Balaban J connectivity index is 1.84. The highest BCUT2D eigenvalue weighted by Crippen LogP contribution is 2.38. The molecule has 0 aliphatic carbocycles. The van der Waals surface area contributed by atoms with Crippen LogP contribution in [0, 0.1) is 30.1 Å². The zero-order valence-corrected chi connectivity index (χ0v) is 24.0. The van der Waals surface area contributed by atoms with Gasteiger partial charge in [-0.2, -0.15) is 5.26 Å². The third-order valence-corrected chi connectivity index (χ3v) is 8.64. The summed E-state index contributed by atoms with van der Waals surface area (Å²) in [4.78, 5) is 31.2. The van der Waals surface area contributed by atoms with E-state index in [1.807, 2.05) is 31.2 Å². The number of carbonyl (C=O) groups is 1. The van der Waals surface area contributed by atoms with Gasteiger partial charge in [-0.1, -0.05) is 74.6 Å². The van der Waals surface area contributed by atoms with Crippen LogP contribution in [0.1, 0.15) is 55.9 Å². The van der Waals surface area contributed by atoms with Crippen LogP contribution in [-0.2, 0) is 17.9 Å². The first-order valence-electron chi connectivity index (χ1n) is 12.6. The van der Waals surface area contributed by atoms with Crippen LogP contribution in [0.25, 0.3) is 6.08 Å². The van der Waals surface area contributed by atoms with E-state index in [0.717, 1.165) is 42.9 Å². The van der Waals surface area contributed by atoms with E-state index in [-0.39, 0.29) is 23.6 Å². The maximum Gasteiger partial charge on any atom is 0.270 e. The number of nitriles is 1. The second-order valence-corrected chi connectivity index (χ2v) is 12.1. The Labute approximate surface area is 232 Å². The highest BCUT2D eigenvalue weighted by molar-refractivity contribution is 8.26. The molecular weight excluding hydrogens is 524 g/mol. The Kier molecular flexibility index (Phi) is 8.47. The van der Waals surface area contributed by atoms with E-state index in [4.69, 9.17) is 23.8 Å². The van der Waals surface area contributed by atoms with E-state index < -0.39 is 0 Å². The van der Waals surface area contributed by atoms with Crippen molar-refractivity contribution < 1.29 is 4.79 Å². The molecule has 4 rings (SSSR count). The van der Waals surface area contributed by atoms with Gasteiger partial charge in [0.25, 0.3) is 11.5 Å². The van der Waals surface area contributed by atoms with Crippen LogP contribution in [0.3, 0.4) is 0 Å². The van der Waals surface area contributed by atoms with Gasteiger partial charge in [0, 0.05) is 30.2 Å². The number of benzene rings is 1. The summed E-state index contributed by atoms with van der Waals surface area (Å²) >= 11 is 13.2. The summed E-state index contributed by atoms with van der Waals surface area (Å²) in [6, 6.07) is 9.52. The molecule has 2 atom stereocenters. The molecule has 0 N–H and O–H groups in total. The lowest BCUT2D eigenvalue weighted by molar-refractivity contribution is -0.122. The Morgan fingerprint density at radius 1 is 1.22 bits per heavy atom. The first kappa shape index (κ1) is 27.4. The molecule has 6 nitrogen and oxygen atoms in total. The van der Waals surface area contributed by atoms with Crippen molar-refractivity contribution in [2.24, 2.45) is 11.8 Å². The smallest absolute Gasteiger partial charge is 0.270 e. The average Bonchev–Trinajstić information content (AvgIpc) is 3.10. The van der Waals surface area contributed by atoms with Gasteiger partial charge < -0.3 is 4.90 Å². The third kappa shape index (κ3) is 5.50. The van der Waals surface area contributed by atoms with Gasteiger partial charge in [0.1, 0.15) is 21.8 Å². The predicted molar refractivity (Wildman–Crippen MR) is 156 cm³/mol. The minimum atomic E-state index is -0.272. The maximum atomic E-state index is 13.5. The van der Waals surface area contributed by atoms with Gasteiger partial charge in [-0.25, -0.2) is 0 Å². The van der Waals surface area contributed by atoms with Gasteiger partial charge in [-0.15, -0.1) is 0 Å². The van der Waals surface area contributed by atoms with Crippen molar-refractivity contribution in [3.63, 3.8) is 0 Å². The van der Waals surface area contributed by atoms with Gasteiger partial charge in [0.05, 0.1) is 11.4 Å². The van der Waals surface area contributed by atoms with Gasteiger partial charge in [-0.05, 0) is 54.9 Å². The number of halogens is 1. The molecular formula is C28H31ClN4O2S2. The molecule has 0 radical (unpaired) electrons. The quantitative estimate of drug-likeness (QED) is 0.323. The van der Waals surface area contributed by atoms with Crippen molar-refractivity contribution >= 4 is 57.7 Å². The minimum Gasteiger partial charge on any atom is -0.357 e. The van der Waals surface area contributed by atoms with Gasteiger partial charge in [0.2, 0.25) is 0 Å². The molecule has 0 spiro atoms. The summed E-state index contributed by atoms with van der Waals surface area (Å²) in [5.41, 5.74) is 2.00. The predicted octanol–water partition coefficient (Wildman–Crippen LogP) is 5.98. The second kappa shape index (κ2) is 11.4.